The van der Waals surface area contributed by atoms with Gasteiger partial charge in [0.2, 0.25) is 0 Å². The summed E-state index contributed by atoms with van der Waals surface area (Å²) in [4.78, 5) is 4.03. The molecular formula is C18H15BrClN3O. The van der Waals surface area contributed by atoms with Crippen LogP contribution < -0.4 is 10.2 Å². The lowest BCUT2D eigenvalue weighted by Gasteiger charge is -2.12. The van der Waals surface area contributed by atoms with Crippen molar-refractivity contribution in [2.45, 2.75) is 6.92 Å². The number of hydrazone groups is 1. The van der Waals surface area contributed by atoms with E-state index in [1.54, 1.807) is 25.6 Å². The molecule has 0 saturated heterocycles. The zero-order valence-electron chi connectivity index (χ0n) is 13.2. The second kappa shape index (κ2) is 7.20. The van der Waals surface area contributed by atoms with Gasteiger partial charge in [0.05, 0.1) is 29.7 Å². The summed E-state index contributed by atoms with van der Waals surface area (Å²) in [5, 5.41) is 7.11. The third-order valence-corrected chi connectivity index (χ3v) is 4.67. The molecule has 24 heavy (non-hydrogen) atoms. The summed E-state index contributed by atoms with van der Waals surface area (Å²) in [6, 6.07) is 11.8. The Hall–Kier alpha value is -2.11. The van der Waals surface area contributed by atoms with Crippen molar-refractivity contribution in [1.29, 1.82) is 0 Å². The Morgan fingerprint density at radius 1 is 1.21 bits per heavy atom. The van der Waals surface area contributed by atoms with Crippen molar-refractivity contribution in [2.75, 3.05) is 12.5 Å². The standard InChI is InChI=1S/C18H15BrClN3O/c1-11(22-23-13-7-12(20)9-21-10-13)16-8-17(24-2)14-5-3-4-6-15(14)18(16)19/h3-10,23H,1-2H3. The first kappa shape index (κ1) is 16.7. The monoisotopic (exact) mass is 403 g/mol. The molecule has 0 saturated carbocycles. The second-order valence-electron chi connectivity index (χ2n) is 5.19. The minimum atomic E-state index is 0.557. The molecule has 0 aliphatic rings. The average Bonchev–Trinajstić information content (AvgIpc) is 2.60. The van der Waals surface area contributed by atoms with Crippen molar-refractivity contribution < 1.29 is 4.74 Å². The highest BCUT2D eigenvalue weighted by Gasteiger charge is 2.12. The topological polar surface area (TPSA) is 46.5 Å². The van der Waals surface area contributed by atoms with Crippen LogP contribution in [0.5, 0.6) is 5.75 Å². The van der Waals surface area contributed by atoms with E-state index in [0.29, 0.717) is 5.02 Å². The molecule has 1 N–H and O–H groups in total. The molecule has 1 heterocycles. The Morgan fingerprint density at radius 3 is 2.67 bits per heavy atom. The average molecular weight is 405 g/mol. The van der Waals surface area contributed by atoms with Crippen LogP contribution in [0.15, 0.2) is 58.4 Å². The number of pyridine rings is 1. The van der Waals surface area contributed by atoms with E-state index in [4.69, 9.17) is 16.3 Å². The fourth-order valence-corrected chi connectivity index (χ4v) is 3.34. The second-order valence-corrected chi connectivity index (χ2v) is 6.42. The minimum absolute atomic E-state index is 0.557. The number of fused-ring (bicyclic) bond motifs is 1. The summed E-state index contributed by atoms with van der Waals surface area (Å²) in [6.07, 6.45) is 3.24. The Bertz CT molecular complexity index is 927. The quantitative estimate of drug-likeness (QED) is 0.461. The molecule has 0 aliphatic heterocycles. The lowest BCUT2D eigenvalue weighted by molar-refractivity contribution is 0.419. The summed E-state index contributed by atoms with van der Waals surface area (Å²) >= 11 is 9.62. The Morgan fingerprint density at radius 2 is 1.96 bits per heavy atom. The molecule has 3 aromatic rings. The third-order valence-electron chi connectivity index (χ3n) is 3.61. The van der Waals surface area contributed by atoms with Gasteiger partial charge >= 0.3 is 0 Å². The van der Waals surface area contributed by atoms with E-state index in [1.807, 2.05) is 37.3 Å². The molecule has 2 aromatic carbocycles. The van der Waals surface area contributed by atoms with Crippen LogP contribution in [0, 0.1) is 0 Å². The zero-order valence-corrected chi connectivity index (χ0v) is 15.5. The summed E-state index contributed by atoms with van der Waals surface area (Å²) in [5.74, 6) is 0.808. The fraction of sp³-hybridized carbons (Fsp3) is 0.111. The molecule has 0 spiro atoms. The number of nitrogens with one attached hydrogen (secondary N) is 1. The third kappa shape index (κ3) is 3.37. The van der Waals surface area contributed by atoms with Crippen molar-refractivity contribution in [3.8, 4) is 5.75 Å². The number of ether oxygens (including phenoxy) is 1. The number of hydrogen-bond acceptors (Lipinski definition) is 4. The Kier molecular flexibility index (Phi) is 5.02. The lowest BCUT2D eigenvalue weighted by Crippen LogP contribution is -2.02. The SMILES string of the molecule is COc1cc(C(C)=NNc2cncc(Cl)c2)c(Br)c2ccccc12. The van der Waals surface area contributed by atoms with Crippen LogP contribution in [0.1, 0.15) is 12.5 Å². The van der Waals surface area contributed by atoms with E-state index in [2.05, 4.69) is 31.4 Å². The molecule has 0 fully saturated rings. The van der Waals surface area contributed by atoms with E-state index < -0.39 is 0 Å². The van der Waals surface area contributed by atoms with Gasteiger partial charge < -0.3 is 4.74 Å². The number of nitrogens with zero attached hydrogens (tertiary/aromatic N) is 2. The van der Waals surface area contributed by atoms with Crippen LogP contribution in [0.2, 0.25) is 5.02 Å². The molecule has 122 valence electrons. The van der Waals surface area contributed by atoms with Crippen molar-refractivity contribution in [1.82, 2.24) is 4.98 Å². The van der Waals surface area contributed by atoms with Gasteiger partial charge in [-0.2, -0.15) is 5.10 Å². The van der Waals surface area contributed by atoms with Gasteiger partial charge in [-0.15, -0.1) is 0 Å². The van der Waals surface area contributed by atoms with Crippen LogP contribution in [0.4, 0.5) is 5.69 Å². The van der Waals surface area contributed by atoms with Crippen LogP contribution in [-0.2, 0) is 0 Å². The van der Waals surface area contributed by atoms with E-state index >= 15 is 0 Å². The fourth-order valence-electron chi connectivity index (χ4n) is 2.42. The highest BCUT2D eigenvalue weighted by Crippen LogP contribution is 2.35. The molecule has 0 aliphatic carbocycles. The summed E-state index contributed by atoms with van der Waals surface area (Å²) in [6.45, 7) is 1.93. The van der Waals surface area contributed by atoms with Crippen molar-refractivity contribution in [2.24, 2.45) is 5.10 Å². The van der Waals surface area contributed by atoms with Gasteiger partial charge in [0, 0.05) is 27.0 Å². The summed E-state index contributed by atoms with van der Waals surface area (Å²) < 4.78 is 6.51. The largest absolute Gasteiger partial charge is 0.496 e. The minimum Gasteiger partial charge on any atom is -0.496 e. The molecule has 4 nitrogen and oxygen atoms in total. The molecule has 0 atom stereocenters. The first-order chi connectivity index (χ1) is 11.6. The maximum Gasteiger partial charge on any atom is 0.127 e. The highest BCUT2D eigenvalue weighted by molar-refractivity contribution is 9.10. The lowest BCUT2D eigenvalue weighted by atomic mass is 10.0. The number of hydrogen-bond donors (Lipinski definition) is 1. The van der Waals surface area contributed by atoms with Gasteiger partial charge in [-0.3, -0.25) is 10.4 Å². The summed E-state index contributed by atoms with van der Waals surface area (Å²) in [7, 11) is 1.67. The molecular weight excluding hydrogens is 390 g/mol. The molecule has 3 rings (SSSR count). The first-order valence-electron chi connectivity index (χ1n) is 7.26. The van der Waals surface area contributed by atoms with E-state index in [0.717, 1.165) is 38.0 Å². The van der Waals surface area contributed by atoms with E-state index in [1.165, 1.54) is 0 Å². The number of methoxy groups -OCH3 is 1. The Labute approximate surface area is 153 Å². The van der Waals surface area contributed by atoms with Gasteiger partial charge in [0.15, 0.2) is 0 Å². The number of aromatic nitrogens is 1. The molecule has 0 amide bonds. The van der Waals surface area contributed by atoms with Crippen molar-refractivity contribution >= 4 is 49.7 Å². The van der Waals surface area contributed by atoms with Crippen LogP contribution in [-0.4, -0.2) is 17.8 Å². The molecule has 1 aromatic heterocycles. The van der Waals surface area contributed by atoms with Gasteiger partial charge in [-0.25, -0.2) is 0 Å². The molecule has 0 unspecified atom stereocenters. The van der Waals surface area contributed by atoms with Gasteiger partial charge in [-0.05, 0) is 35.0 Å². The van der Waals surface area contributed by atoms with Gasteiger partial charge in [0.25, 0.3) is 0 Å². The predicted octanol–water partition coefficient (Wildman–Crippen LogP) is 5.50. The van der Waals surface area contributed by atoms with Gasteiger partial charge in [-0.1, -0.05) is 35.9 Å². The van der Waals surface area contributed by atoms with Gasteiger partial charge in [0.1, 0.15) is 5.75 Å². The predicted molar refractivity (Wildman–Crippen MR) is 103 cm³/mol. The number of benzene rings is 2. The van der Waals surface area contributed by atoms with Crippen LogP contribution >= 0.6 is 27.5 Å². The van der Waals surface area contributed by atoms with Crippen molar-refractivity contribution in [3.63, 3.8) is 0 Å². The van der Waals surface area contributed by atoms with Crippen molar-refractivity contribution in [3.05, 3.63) is 63.9 Å². The smallest absolute Gasteiger partial charge is 0.127 e. The van der Waals surface area contributed by atoms with E-state index in [9.17, 15) is 0 Å². The Balaban J connectivity index is 2.01. The number of halogens is 2. The summed E-state index contributed by atoms with van der Waals surface area (Å²) in [5.41, 5.74) is 5.47. The number of rotatable bonds is 4. The number of anilines is 1. The maximum absolute atomic E-state index is 5.93. The molecule has 0 radical (unpaired) electrons. The van der Waals surface area contributed by atoms with Crippen LogP contribution in [0.25, 0.3) is 10.8 Å². The van der Waals surface area contributed by atoms with E-state index in [-0.39, 0.29) is 0 Å². The zero-order chi connectivity index (χ0) is 17.1. The van der Waals surface area contributed by atoms with Crippen LogP contribution in [0.3, 0.4) is 0 Å². The first-order valence-corrected chi connectivity index (χ1v) is 8.43. The highest BCUT2D eigenvalue weighted by atomic mass is 79.9. The molecule has 0 bridgehead atoms. The molecule has 6 heteroatoms. The maximum atomic E-state index is 5.93. The normalized spacial score (nSPS) is 11.6.